The number of rotatable bonds is 3. The summed E-state index contributed by atoms with van der Waals surface area (Å²) in [6.45, 7) is 3.92. The number of aromatic nitrogens is 3. The minimum Gasteiger partial charge on any atom is -0.464 e. The molecule has 7 heteroatoms. The van der Waals surface area contributed by atoms with E-state index >= 15 is 0 Å². The maximum atomic E-state index is 12.0. The minimum absolute atomic E-state index is 0.108. The van der Waals surface area contributed by atoms with Gasteiger partial charge in [0, 0.05) is 17.6 Å². The van der Waals surface area contributed by atoms with E-state index < -0.39 is 5.97 Å². The molecule has 3 rings (SSSR count). The van der Waals surface area contributed by atoms with Crippen LogP contribution in [0.5, 0.6) is 0 Å². The third-order valence-electron chi connectivity index (χ3n) is 3.93. The van der Waals surface area contributed by atoms with Crippen molar-refractivity contribution in [2.24, 2.45) is 0 Å². The van der Waals surface area contributed by atoms with E-state index in [1.165, 1.54) is 13.3 Å². The van der Waals surface area contributed by atoms with Gasteiger partial charge in [-0.15, -0.1) is 0 Å². The van der Waals surface area contributed by atoms with Crippen molar-refractivity contribution in [1.29, 1.82) is 5.26 Å². The normalized spacial score (nSPS) is 10.5. The topological polar surface area (TPSA) is 98.9 Å². The van der Waals surface area contributed by atoms with Crippen molar-refractivity contribution >= 4 is 11.7 Å². The summed E-state index contributed by atoms with van der Waals surface area (Å²) >= 11 is 0. The smallest absolute Gasteiger partial charge is 0.357 e. The number of ether oxygens (including phenoxy) is 1. The van der Waals surface area contributed by atoms with E-state index in [0.29, 0.717) is 5.69 Å². The molecule has 25 heavy (non-hydrogen) atoms. The van der Waals surface area contributed by atoms with Gasteiger partial charge < -0.3 is 15.0 Å². The zero-order valence-corrected chi connectivity index (χ0v) is 14.1. The monoisotopic (exact) mass is 335 g/mol. The molecule has 7 nitrogen and oxygen atoms in total. The third-order valence-corrected chi connectivity index (χ3v) is 3.93. The molecular weight excluding hydrogens is 318 g/mol. The summed E-state index contributed by atoms with van der Waals surface area (Å²) in [5, 5.41) is 13.6. The number of hydrogen-bond acceptors (Lipinski definition) is 5. The number of esters is 1. The molecule has 2 heterocycles. The number of nitrogen functional groups attached to an aromatic ring is 1. The molecule has 0 aliphatic carbocycles. The van der Waals surface area contributed by atoms with Crippen LogP contribution >= 0.6 is 0 Å². The first kappa shape index (κ1) is 16.3. The second-order valence-corrected chi connectivity index (χ2v) is 5.63. The van der Waals surface area contributed by atoms with E-state index in [4.69, 9.17) is 10.5 Å². The number of carbonyl (C=O) groups is 1. The molecule has 2 aromatic heterocycles. The Hall–Kier alpha value is -3.53. The maximum absolute atomic E-state index is 12.0. The summed E-state index contributed by atoms with van der Waals surface area (Å²) in [4.78, 5) is 12.0. The summed E-state index contributed by atoms with van der Waals surface area (Å²) in [5.74, 6) is -0.596. The zero-order chi connectivity index (χ0) is 18.1. The zero-order valence-electron chi connectivity index (χ0n) is 14.1. The third kappa shape index (κ3) is 2.74. The molecule has 0 bridgehead atoms. The van der Waals surface area contributed by atoms with Crippen molar-refractivity contribution in [3.05, 3.63) is 59.2 Å². The fourth-order valence-electron chi connectivity index (χ4n) is 2.76. The van der Waals surface area contributed by atoms with Gasteiger partial charge in [-0.2, -0.15) is 10.4 Å². The van der Waals surface area contributed by atoms with Crippen molar-refractivity contribution in [2.75, 3.05) is 12.8 Å². The van der Waals surface area contributed by atoms with Crippen molar-refractivity contribution in [3.8, 4) is 17.4 Å². The number of carbonyl (C=O) groups excluding carboxylic acids is 1. The fraction of sp³-hybridized carbons (Fsp3) is 0.167. The van der Waals surface area contributed by atoms with Crippen molar-refractivity contribution in [1.82, 2.24) is 14.3 Å². The summed E-state index contributed by atoms with van der Waals surface area (Å²) in [5.41, 5.74) is 9.94. The van der Waals surface area contributed by atoms with E-state index in [2.05, 4.69) is 5.10 Å². The molecule has 0 spiro atoms. The van der Waals surface area contributed by atoms with Gasteiger partial charge in [0.2, 0.25) is 0 Å². The lowest BCUT2D eigenvalue weighted by molar-refractivity contribution is 0.0593. The van der Waals surface area contributed by atoms with Crippen molar-refractivity contribution in [2.45, 2.75) is 13.8 Å². The Morgan fingerprint density at radius 3 is 2.40 bits per heavy atom. The first-order valence-corrected chi connectivity index (χ1v) is 7.59. The summed E-state index contributed by atoms with van der Waals surface area (Å²) in [6, 6.07) is 11.4. The summed E-state index contributed by atoms with van der Waals surface area (Å²) in [6.07, 6.45) is 1.53. The number of aryl methyl sites for hydroxylation is 2. The highest BCUT2D eigenvalue weighted by molar-refractivity contribution is 5.95. The van der Waals surface area contributed by atoms with Crippen LogP contribution in [0.4, 0.5) is 5.69 Å². The van der Waals surface area contributed by atoms with Crippen LogP contribution in [0, 0.1) is 25.2 Å². The predicted molar refractivity (Wildman–Crippen MR) is 92.8 cm³/mol. The average Bonchev–Trinajstić information content (AvgIpc) is 3.13. The number of methoxy groups -OCH3 is 1. The van der Waals surface area contributed by atoms with Gasteiger partial charge in [0.25, 0.3) is 0 Å². The lowest BCUT2D eigenvalue weighted by Gasteiger charge is -2.10. The van der Waals surface area contributed by atoms with Crippen LogP contribution in [0.25, 0.3) is 11.4 Å². The molecule has 126 valence electrons. The Morgan fingerprint density at radius 2 is 1.88 bits per heavy atom. The lowest BCUT2D eigenvalue weighted by atomic mass is 10.2. The average molecular weight is 335 g/mol. The Bertz CT molecular complexity index is 990. The molecule has 1 aromatic carbocycles. The second kappa shape index (κ2) is 6.17. The Balaban J connectivity index is 2.08. The standard InChI is InChI=1S/C18H17N5O2/c1-11-8-12(2)23(21-11)15-6-4-14(5-7-15)22-10-13(9-19)16(20)17(22)18(24)25-3/h4-8,10H,20H2,1-3H3. The van der Waals surface area contributed by atoms with Gasteiger partial charge in [0.1, 0.15) is 6.07 Å². The van der Waals surface area contributed by atoms with E-state index in [-0.39, 0.29) is 16.9 Å². The van der Waals surface area contributed by atoms with E-state index in [1.54, 1.807) is 4.57 Å². The minimum atomic E-state index is -0.596. The SMILES string of the molecule is COC(=O)c1c(N)c(C#N)cn1-c1ccc(-n2nc(C)cc2C)cc1. The number of nitriles is 1. The number of nitrogens with two attached hydrogens (primary N) is 1. The summed E-state index contributed by atoms with van der Waals surface area (Å²) in [7, 11) is 1.27. The van der Waals surface area contributed by atoms with Crippen LogP contribution in [0.15, 0.2) is 36.5 Å². The van der Waals surface area contributed by atoms with Gasteiger partial charge in [0.15, 0.2) is 5.69 Å². The molecule has 0 aliphatic rings. The Labute approximate surface area is 144 Å². The first-order chi connectivity index (χ1) is 12.0. The Kier molecular flexibility index (Phi) is 4.03. The molecule has 0 fully saturated rings. The molecule has 2 N–H and O–H groups in total. The number of anilines is 1. The van der Waals surface area contributed by atoms with Gasteiger partial charge in [-0.3, -0.25) is 0 Å². The van der Waals surface area contributed by atoms with E-state index in [1.807, 2.05) is 54.9 Å². The highest BCUT2D eigenvalue weighted by Gasteiger charge is 2.21. The van der Waals surface area contributed by atoms with Crippen LogP contribution in [0.2, 0.25) is 0 Å². The van der Waals surface area contributed by atoms with Crippen LogP contribution in [0.3, 0.4) is 0 Å². The van der Waals surface area contributed by atoms with Crippen molar-refractivity contribution < 1.29 is 9.53 Å². The predicted octanol–water partition coefficient (Wildman–Crippen LogP) is 2.52. The lowest BCUT2D eigenvalue weighted by Crippen LogP contribution is -2.11. The van der Waals surface area contributed by atoms with Gasteiger partial charge in [-0.05, 0) is 44.2 Å². The van der Waals surface area contributed by atoms with Crippen LogP contribution in [-0.2, 0) is 4.74 Å². The molecule has 0 radical (unpaired) electrons. The molecule has 0 saturated heterocycles. The van der Waals surface area contributed by atoms with E-state index in [0.717, 1.165) is 17.1 Å². The maximum Gasteiger partial charge on any atom is 0.357 e. The largest absolute Gasteiger partial charge is 0.464 e. The Morgan fingerprint density at radius 1 is 1.24 bits per heavy atom. The first-order valence-electron chi connectivity index (χ1n) is 7.59. The highest BCUT2D eigenvalue weighted by atomic mass is 16.5. The highest BCUT2D eigenvalue weighted by Crippen LogP contribution is 2.25. The van der Waals surface area contributed by atoms with Gasteiger partial charge in [-0.1, -0.05) is 0 Å². The second-order valence-electron chi connectivity index (χ2n) is 5.63. The molecular formula is C18H17N5O2. The summed E-state index contributed by atoms with van der Waals surface area (Å²) < 4.78 is 8.18. The van der Waals surface area contributed by atoms with Gasteiger partial charge >= 0.3 is 5.97 Å². The molecule has 0 aliphatic heterocycles. The molecule has 0 amide bonds. The van der Waals surface area contributed by atoms with Crippen LogP contribution in [-0.4, -0.2) is 27.4 Å². The quantitative estimate of drug-likeness (QED) is 0.742. The van der Waals surface area contributed by atoms with Crippen LogP contribution in [0.1, 0.15) is 27.4 Å². The van der Waals surface area contributed by atoms with E-state index in [9.17, 15) is 10.1 Å². The van der Waals surface area contributed by atoms with Gasteiger partial charge in [-0.25, -0.2) is 9.48 Å². The van der Waals surface area contributed by atoms with Crippen LogP contribution < -0.4 is 5.73 Å². The fourth-order valence-corrected chi connectivity index (χ4v) is 2.76. The van der Waals surface area contributed by atoms with Gasteiger partial charge in [0.05, 0.1) is 29.7 Å². The molecule has 0 unspecified atom stereocenters. The molecule has 0 atom stereocenters. The molecule has 0 saturated carbocycles. The van der Waals surface area contributed by atoms with Crippen molar-refractivity contribution in [3.63, 3.8) is 0 Å². The number of hydrogen-bond donors (Lipinski definition) is 1. The number of benzene rings is 1. The number of nitrogens with zero attached hydrogens (tertiary/aromatic N) is 4. The molecule has 3 aromatic rings.